The monoisotopic (exact) mass is 224 g/mol. The number of nitrogens with two attached hydrogens (primary N) is 1. The summed E-state index contributed by atoms with van der Waals surface area (Å²) in [6, 6.07) is 1.98. The molecule has 1 amide bonds. The lowest BCUT2D eigenvalue weighted by Crippen LogP contribution is -2.21. The average Bonchev–Trinajstić information content (AvgIpc) is 2.53. The van der Waals surface area contributed by atoms with Crippen LogP contribution in [-0.2, 0) is 0 Å². The van der Waals surface area contributed by atoms with Gasteiger partial charge < -0.3 is 16.0 Å². The summed E-state index contributed by atoms with van der Waals surface area (Å²) in [5, 5.41) is 12.3. The van der Waals surface area contributed by atoms with Crippen LogP contribution < -0.4 is 11.1 Å². The molecule has 0 fully saturated rings. The lowest BCUT2D eigenvalue weighted by Gasteiger charge is -2.08. The fourth-order valence-corrected chi connectivity index (χ4v) is 2.14. The zero-order valence-corrected chi connectivity index (χ0v) is 9.60. The summed E-state index contributed by atoms with van der Waals surface area (Å²) in [5.74, 6) is -0.185. The highest BCUT2D eigenvalue weighted by molar-refractivity contribution is 7.18. The van der Waals surface area contributed by atoms with E-state index in [4.69, 9.17) is 11.0 Å². The van der Waals surface area contributed by atoms with E-state index in [0.29, 0.717) is 15.4 Å². The Balaban J connectivity index is 3.29. The number of carbonyl (C=O) groups is 1. The normalized spacial score (nSPS) is 9.47. The molecule has 0 aliphatic carbocycles. The molecular formula is C9H12N4OS. The summed E-state index contributed by atoms with van der Waals surface area (Å²) in [6.07, 6.45) is 0. The molecule has 0 atom stereocenters. The highest BCUT2D eigenvalue weighted by Crippen LogP contribution is 2.35. The molecule has 0 bridgehead atoms. The Morgan fingerprint density at radius 2 is 2.20 bits per heavy atom. The Morgan fingerprint density at radius 3 is 2.53 bits per heavy atom. The molecule has 0 saturated heterocycles. The Kier molecular flexibility index (Phi) is 3.17. The smallest absolute Gasteiger partial charge is 0.265 e. The van der Waals surface area contributed by atoms with E-state index in [2.05, 4.69) is 5.32 Å². The predicted octanol–water partition coefficient (Wildman–Crippen LogP) is 0.945. The minimum Gasteiger partial charge on any atom is -0.396 e. The summed E-state index contributed by atoms with van der Waals surface area (Å²) in [4.78, 5) is 13.5. The number of amides is 1. The van der Waals surface area contributed by atoms with Gasteiger partial charge in [0, 0.05) is 21.1 Å². The van der Waals surface area contributed by atoms with E-state index >= 15 is 0 Å². The second-order valence-electron chi connectivity index (χ2n) is 3.11. The molecule has 0 unspecified atom stereocenters. The van der Waals surface area contributed by atoms with Crippen LogP contribution >= 0.6 is 11.3 Å². The minimum atomic E-state index is -0.185. The van der Waals surface area contributed by atoms with Crippen LogP contribution in [0.3, 0.4) is 0 Å². The van der Waals surface area contributed by atoms with Gasteiger partial charge >= 0.3 is 0 Å². The van der Waals surface area contributed by atoms with Gasteiger partial charge in [-0.1, -0.05) is 0 Å². The highest BCUT2D eigenvalue weighted by Gasteiger charge is 2.21. The number of hydrogen-bond donors (Lipinski definition) is 2. The van der Waals surface area contributed by atoms with Gasteiger partial charge in [-0.3, -0.25) is 4.79 Å². The third-order valence-electron chi connectivity index (χ3n) is 1.88. The lowest BCUT2D eigenvalue weighted by molar-refractivity contribution is 0.0833. The number of anilines is 2. The highest BCUT2D eigenvalue weighted by atomic mass is 32.1. The third kappa shape index (κ3) is 1.87. The van der Waals surface area contributed by atoms with Crippen molar-refractivity contribution in [3.8, 4) is 6.07 Å². The molecule has 6 heteroatoms. The molecule has 0 aliphatic heterocycles. The zero-order chi connectivity index (χ0) is 11.6. The fourth-order valence-electron chi connectivity index (χ4n) is 1.09. The van der Waals surface area contributed by atoms with Crippen molar-refractivity contribution in [2.24, 2.45) is 0 Å². The molecule has 0 radical (unpaired) electrons. The molecule has 80 valence electrons. The van der Waals surface area contributed by atoms with Crippen LogP contribution in [0.4, 0.5) is 10.7 Å². The molecule has 0 saturated carbocycles. The maximum absolute atomic E-state index is 11.7. The van der Waals surface area contributed by atoms with Crippen molar-refractivity contribution in [2.45, 2.75) is 0 Å². The molecule has 1 rings (SSSR count). The van der Waals surface area contributed by atoms with Crippen LogP contribution in [0, 0.1) is 11.3 Å². The van der Waals surface area contributed by atoms with E-state index in [1.54, 1.807) is 21.1 Å². The SMILES string of the molecule is CNc1sc(C(=O)N(C)C)c(N)c1C#N. The van der Waals surface area contributed by atoms with Gasteiger partial charge in [0.1, 0.15) is 21.5 Å². The Hall–Kier alpha value is -1.74. The average molecular weight is 224 g/mol. The van der Waals surface area contributed by atoms with Crippen molar-refractivity contribution in [1.82, 2.24) is 4.90 Å². The second-order valence-corrected chi connectivity index (χ2v) is 4.13. The number of nitrogens with one attached hydrogen (secondary N) is 1. The van der Waals surface area contributed by atoms with Crippen molar-refractivity contribution in [2.75, 3.05) is 32.2 Å². The van der Waals surface area contributed by atoms with E-state index in [-0.39, 0.29) is 11.6 Å². The lowest BCUT2D eigenvalue weighted by atomic mass is 10.2. The number of thiophene rings is 1. The predicted molar refractivity (Wildman–Crippen MR) is 61.0 cm³/mol. The molecule has 15 heavy (non-hydrogen) atoms. The third-order valence-corrected chi connectivity index (χ3v) is 3.10. The van der Waals surface area contributed by atoms with Gasteiger partial charge in [0.2, 0.25) is 0 Å². The zero-order valence-electron chi connectivity index (χ0n) is 8.79. The molecule has 0 aromatic carbocycles. The summed E-state index contributed by atoms with van der Waals surface area (Å²) in [7, 11) is 4.98. The molecule has 5 nitrogen and oxygen atoms in total. The molecule has 1 aromatic heterocycles. The number of nitrogens with zero attached hydrogens (tertiary/aromatic N) is 2. The minimum absolute atomic E-state index is 0.185. The van der Waals surface area contributed by atoms with E-state index in [9.17, 15) is 4.79 Å². The first-order valence-corrected chi connectivity index (χ1v) is 5.06. The molecule has 0 spiro atoms. The summed E-state index contributed by atoms with van der Waals surface area (Å²) >= 11 is 1.20. The number of nitriles is 1. The number of hydrogen-bond acceptors (Lipinski definition) is 5. The summed E-state index contributed by atoms with van der Waals surface area (Å²) < 4.78 is 0. The van der Waals surface area contributed by atoms with Gasteiger partial charge in [0.25, 0.3) is 5.91 Å². The van der Waals surface area contributed by atoms with E-state index in [1.807, 2.05) is 6.07 Å². The first kappa shape index (κ1) is 11.3. The first-order chi connectivity index (χ1) is 7.02. The maximum atomic E-state index is 11.7. The Labute approximate surface area is 92.1 Å². The van der Waals surface area contributed by atoms with E-state index in [0.717, 1.165) is 0 Å². The first-order valence-electron chi connectivity index (χ1n) is 4.24. The molecular weight excluding hydrogens is 212 g/mol. The van der Waals surface area contributed by atoms with Gasteiger partial charge in [-0.15, -0.1) is 11.3 Å². The van der Waals surface area contributed by atoms with Crippen LogP contribution in [0.2, 0.25) is 0 Å². The Bertz CT molecular complexity index is 430. The van der Waals surface area contributed by atoms with Crippen LogP contribution in [-0.4, -0.2) is 32.0 Å². The summed E-state index contributed by atoms with van der Waals surface area (Å²) in [5.41, 5.74) is 6.32. The van der Waals surface area contributed by atoms with Crippen LogP contribution in [0.1, 0.15) is 15.2 Å². The topological polar surface area (TPSA) is 82.2 Å². The maximum Gasteiger partial charge on any atom is 0.265 e. The largest absolute Gasteiger partial charge is 0.396 e. The summed E-state index contributed by atoms with van der Waals surface area (Å²) in [6.45, 7) is 0. The molecule has 0 aliphatic rings. The number of carbonyl (C=O) groups excluding carboxylic acids is 1. The van der Waals surface area contributed by atoms with Crippen molar-refractivity contribution in [1.29, 1.82) is 5.26 Å². The van der Waals surface area contributed by atoms with Crippen LogP contribution in [0.5, 0.6) is 0 Å². The van der Waals surface area contributed by atoms with Crippen molar-refractivity contribution >= 4 is 27.9 Å². The van der Waals surface area contributed by atoms with Gasteiger partial charge in [0.15, 0.2) is 0 Å². The van der Waals surface area contributed by atoms with Crippen LogP contribution in [0.15, 0.2) is 0 Å². The Morgan fingerprint density at radius 1 is 1.60 bits per heavy atom. The molecule has 3 N–H and O–H groups in total. The van der Waals surface area contributed by atoms with Crippen molar-refractivity contribution in [3.05, 3.63) is 10.4 Å². The van der Waals surface area contributed by atoms with E-state index < -0.39 is 0 Å². The standard InChI is InChI=1S/C9H12N4OS/c1-12-8-5(4-10)6(11)7(15-8)9(14)13(2)3/h12H,11H2,1-3H3. The van der Waals surface area contributed by atoms with Gasteiger partial charge in [-0.05, 0) is 0 Å². The van der Waals surface area contributed by atoms with Gasteiger partial charge in [-0.2, -0.15) is 5.26 Å². The fraction of sp³-hybridized carbons (Fsp3) is 0.333. The molecule has 1 heterocycles. The van der Waals surface area contributed by atoms with Gasteiger partial charge in [-0.25, -0.2) is 0 Å². The molecule has 1 aromatic rings. The van der Waals surface area contributed by atoms with E-state index in [1.165, 1.54) is 16.2 Å². The second kappa shape index (κ2) is 4.19. The van der Waals surface area contributed by atoms with Crippen molar-refractivity contribution in [3.63, 3.8) is 0 Å². The number of nitrogen functional groups attached to an aromatic ring is 1. The van der Waals surface area contributed by atoms with Crippen molar-refractivity contribution < 1.29 is 4.79 Å². The quantitative estimate of drug-likeness (QED) is 0.783. The number of rotatable bonds is 2. The van der Waals surface area contributed by atoms with Gasteiger partial charge in [0.05, 0.1) is 5.69 Å². The van der Waals surface area contributed by atoms with Crippen LogP contribution in [0.25, 0.3) is 0 Å².